The van der Waals surface area contributed by atoms with Crippen LogP contribution < -0.4 is 4.74 Å². The van der Waals surface area contributed by atoms with Crippen LogP contribution in [0.3, 0.4) is 0 Å². The van der Waals surface area contributed by atoms with Crippen molar-refractivity contribution in [3.05, 3.63) is 34.7 Å². The number of ether oxygens (including phenoxy) is 1. The van der Waals surface area contributed by atoms with Crippen LogP contribution in [0, 0.1) is 0 Å². The Balaban J connectivity index is 1.53. The number of amides is 2. The normalized spacial score (nSPS) is 22.0. The first-order valence-electron chi connectivity index (χ1n) is 9.55. The van der Waals surface area contributed by atoms with Crippen molar-refractivity contribution in [1.82, 2.24) is 9.80 Å². The lowest BCUT2D eigenvalue weighted by atomic mass is 10.2. The van der Waals surface area contributed by atoms with E-state index in [0.717, 1.165) is 11.3 Å². The molecule has 0 saturated carbocycles. The van der Waals surface area contributed by atoms with Crippen molar-refractivity contribution in [3.8, 4) is 5.75 Å². The van der Waals surface area contributed by atoms with Crippen molar-refractivity contribution in [2.75, 3.05) is 32.2 Å². The minimum absolute atomic E-state index is 0.0279. The summed E-state index contributed by atoms with van der Waals surface area (Å²) in [6.07, 6.45) is 2.97. The molecule has 2 aliphatic rings. The number of thiocarbonyl (C=S) groups is 1. The van der Waals surface area contributed by atoms with E-state index in [1.807, 2.05) is 24.3 Å². The number of hydrogen-bond acceptors (Lipinski definition) is 7. The quantitative estimate of drug-likeness (QED) is 0.449. The van der Waals surface area contributed by atoms with Gasteiger partial charge >= 0.3 is 0 Å². The Bertz CT molecular complexity index is 973. The maximum atomic E-state index is 12.7. The largest absolute Gasteiger partial charge is 0.497 e. The molecule has 1 atom stereocenters. The molecule has 7 nitrogen and oxygen atoms in total. The Hall–Kier alpha value is -1.91. The van der Waals surface area contributed by atoms with E-state index in [4.69, 9.17) is 17.0 Å². The topological polar surface area (TPSA) is 84.0 Å². The molecule has 0 bridgehead atoms. The highest BCUT2D eigenvalue weighted by atomic mass is 32.2. The van der Waals surface area contributed by atoms with Crippen molar-refractivity contribution in [1.29, 1.82) is 0 Å². The van der Waals surface area contributed by atoms with Crippen LogP contribution in [0.4, 0.5) is 0 Å². The minimum Gasteiger partial charge on any atom is -0.497 e. The third kappa shape index (κ3) is 5.41. The van der Waals surface area contributed by atoms with E-state index in [2.05, 4.69) is 0 Å². The van der Waals surface area contributed by atoms with Crippen LogP contribution in [0.2, 0.25) is 0 Å². The van der Waals surface area contributed by atoms with Gasteiger partial charge in [0, 0.05) is 26.1 Å². The molecule has 2 aliphatic heterocycles. The van der Waals surface area contributed by atoms with Gasteiger partial charge in [0.2, 0.25) is 5.91 Å². The zero-order valence-corrected chi connectivity index (χ0v) is 19.3. The first-order chi connectivity index (χ1) is 14.2. The summed E-state index contributed by atoms with van der Waals surface area (Å²) in [6.45, 7) is 0.354. The standard InChI is InChI=1S/C20H24N2O5S3/c1-21(15-9-11-30(25,26)13-15)18(23)4-3-10-22-19(24)17(29-20(22)28)12-14-5-7-16(27-2)8-6-14/h5-8,12,15H,3-4,9-11,13H2,1-2H3/b17-12-. The molecule has 162 valence electrons. The summed E-state index contributed by atoms with van der Waals surface area (Å²) in [7, 11) is 0.201. The van der Waals surface area contributed by atoms with Crippen LogP contribution in [-0.4, -0.2) is 72.6 Å². The van der Waals surface area contributed by atoms with Crippen LogP contribution in [0.15, 0.2) is 29.2 Å². The van der Waals surface area contributed by atoms with Gasteiger partial charge in [-0.2, -0.15) is 0 Å². The van der Waals surface area contributed by atoms with E-state index >= 15 is 0 Å². The van der Waals surface area contributed by atoms with Crippen molar-refractivity contribution < 1.29 is 22.7 Å². The van der Waals surface area contributed by atoms with Crippen molar-refractivity contribution >= 4 is 56.0 Å². The summed E-state index contributed by atoms with van der Waals surface area (Å²) in [5, 5.41) is 0. The fourth-order valence-electron chi connectivity index (χ4n) is 3.39. The highest BCUT2D eigenvalue weighted by molar-refractivity contribution is 8.26. The van der Waals surface area contributed by atoms with Gasteiger partial charge in [0.05, 0.1) is 23.5 Å². The number of carbonyl (C=O) groups is 2. The predicted octanol–water partition coefficient (Wildman–Crippen LogP) is 2.32. The van der Waals surface area contributed by atoms with Gasteiger partial charge in [0.15, 0.2) is 9.84 Å². The molecule has 0 aliphatic carbocycles. The lowest BCUT2D eigenvalue weighted by Crippen LogP contribution is -2.38. The van der Waals surface area contributed by atoms with E-state index < -0.39 is 9.84 Å². The lowest BCUT2D eigenvalue weighted by molar-refractivity contribution is -0.132. The smallest absolute Gasteiger partial charge is 0.266 e. The predicted molar refractivity (Wildman–Crippen MR) is 122 cm³/mol. The fourth-order valence-corrected chi connectivity index (χ4v) is 6.48. The van der Waals surface area contributed by atoms with Crippen LogP contribution in [0.25, 0.3) is 6.08 Å². The maximum absolute atomic E-state index is 12.7. The molecule has 2 fully saturated rings. The summed E-state index contributed by atoms with van der Waals surface area (Å²) < 4.78 is 28.8. The number of nitrogens with zero attached hydrogens (tertiary/aromatic N) is 2. The molecular formula is C20H24N2O5S3. The fraction of sp³-hybridized carbons (Fsp3) is 0.450. The van der Waals surface area contributed by atoms with E-state index in [9.17, 15) is 18.0 Å². The zero-order chi connectivity index (χ0) is 21.9. The Morgan fingerprint density at radius 3 is 2.67 bits per heavy atom. The molecule has 30 heavy (non-hydrogen) atoms. The molecule has 1 aromatic rings. The van der Waals surface area contributed by atoms with Gasteiger partial charge in [-0.3, -0.25) is 14.5 Å². The average molecular weight is 469 g/mol. The van der Waals surface area contributed by atoms with Crippen LogP contribution in [-0.2, 0) is 19.4 Å². The molecule has 1 unspecified atom stereocenters. The maximum Gasteiger partial charge on any atom is 0.266 e. The Morgan fingerprint density at radius 2 is 2.07 bits per heavy atom. The average Bonchev–Trinajstić information content (AvgIpc) is 3.21. The van der Waals surface area contributed by atoms with Gasteiger partial charge in [0.1, 0.15) is 10.1 Å². The molecular weight excluding hydrogens is 444 g/mol. The second kappa shape index (κ2) is 9.49. The number of benzene rings is 1. The Kier molecular flexibility index (Phi) is 7.20. The van der Waals surface area contributed by atoms with E-state index in [-0.39, 0.29) is 35.8 Å². The summed E-state index contributed by atoms with van der Waals surface area (Å²) in [4.78, 5) is 28.7. The molecule has 2 heterocycles. The second-order valence-electron chi connectivity index (χ2n) is 7.27. The van der Waals surface area contributed by atoms with Crippen molar-refractivity contribution in [3.63, 3.8) is 0 Å². The monoisotopic (exact) mass is 468 g/mol. The van der Waals surface area contributed by atoms with Crippen LogP contribution >= 0.6 is 24.0 Å². The lowest BCUT2D eigenvalue weighted by Gasteiger charge is -2.24. The van der Waals surface area contributed by atoms with E-state index in [0.29, 0.717) is 28.6 Å². The number of carbonyl (C=O) groups excluding carboxylic acids is 2. The first kappa shape index (κ1) is 22.8. The molecule has 0 aromatic heterocycles. The number of hydrogen-bond donors (Lipinski definition) is 0. The number of methoxy groups -OCH3 is 1. The Morgan fingerprint density at radius 1 is 1.37 bits per heavy atom. The Labute approximate surface area is 186 Å². The summed E-state index contributed by atoms with van der Waals surface area (Å²) in [6, 6.07) is 7.12. The molecule has 3 rings (SSSR count). The molecule has 0 N–H and O–H groups in total. The zero-order valence-electron chi connectivity index (χ0n) is 16.9. The van der Waals surface area contributed by atoms with Crippen LogP contribution in [0.1, 0.15) is 24.8 Å². The van der Waals surface area contributed by atoms with Crippen molar-refractivity contribution in [2.45, 2.75) is 25.3 Å². The molecule has 2 saturated heterocycles. The van der Waals surface area contributed by atoms with Gasteiger partial charge in [-0.25, -0.2) is 8.42 Å². The molecule has 10 heteroatoms. The molecule has 1 aromatic carbocycles. The van der Waals surface area contributed by atoms with E-state index in [1.54, 1.807) is 20.2 Å². The number of thioether (sulfide) groups is 1. The van der Waals surface area contributed by atoms with E-state index in [1.165, 1.54) is 21.6 Å². The summed E-state index contributed by atoms with van der Waals surface area (Å²) in [5.41, 5.74) is 0.875. The SMILES string of the molecule is COc1ccc(/C=C2\SC(=S)N(CCCC(=O)N(C)C3CCS(=O)(=O)C3)C2=O)cc1. The summed E-state index contributed by atoms with van der Waals surface area (Å²) >= 11 is 6.59. The highest BCUT2D eigenvalue weighted by Crippen LogP contribution is 2.33. The van der Waals surface area contributed by atoms with Gasteiger partial charge in [0.25, 0.3) is 5.91 Å². The highest BCUT2D eigenvalue weighted by Gasteiger charge is 2.34. The first-order valence-corrected chi connectivity index (χ1v) is 12.6. The number of rotatable bonds is 7. The molecule has 2 amide bonds. The van der Waals surface area contributed by atoms with Crippen LogP contribution in [0.5, 0.6) is 5.75 Å². The van der Waals surface area contributed by atoms with Gasteiger partial charge in [-0.05, 0) is 36.6 Å². The second-order valence-corrected chi connectivity index (χ2v) is 11.2. The van der Waals surface area contributed by atoms with Gasteiger partial charge in [-0.15, -0.1) is 0 Å². The molecule has 0 spiro atoms. The van der Waals surface area contributed by atoms with Gasteiger partial charge in [-0.1, -0.05) is 36.1 Å². The summed E-state index contributed by atoms with van der Waals surface area (Å²) in [5.74, 6) is 0.622. The molecule has 0 radical (unpaired) electrons. The third-order valence-electron chi connectivity index (χ3n) is 5.21. The van der Waals surface area contributed by atoms with Gasteiger partial charge < -0.3 is 9.64 Å². The van der Waals surface area contributed by atoms with Crippen molar-refractivity contribution in [2.24, 2.45) is 0 Å². The third-order valence-corrected chi connectivity index (χ3v) is 8.34. The minimum atomic E-state index is -3.04. The number of sulfone groups is 1.